The lowest BCUT2D eigenvalue weighted by atomic mass is 9.97. The Morgan fingerprint density at radius 3 is 2.67 bits per heavy atom. The maximum atomic E-state index is 11.4. The van der Waals surface area contributed by atoms with Crippen molar-refractivity contribution in [1.82, 2.24) is 0 Å². The van der Waals surface area contributed by atoms with Gasteiger partial charge in [0.25, 0.3) is 0 Å². The molecule has 1 unspecified atom stereocenters. The Kier molecular flexibility index (Phi) is 2.60. The number of carbonyl (C=O) groups is 1. The summed E-state index contributed by atoms with van der Waals surface area (Å²) >= 11 is 0. The van der Waals surface area contributed by atoms with Crippen LogP contribution in [0.25, 0.3) is 0 Å². The summed E-state index contributed by atoms with van der Waals surface area (Å²) in [5.41, 5.74) is 5.55. The Morgan fingerprint density at radius 2 is 2.13 bits per heavy atom. The van der Waals surface area contributed by atoms with Crippen molar-refractivity contribution in [2.75, 3.05) is 18.5 Å². The largest absolute Gasteiger partial charge is 0.378 e. The van der Waals surface area contributed by atoms with E-state index < -0.39 is 5.54 Å². The van der Waals surface area contributed by atoms with E-state index in [0.717, 1.165) is 5.69 Å². The molecule has 3 N–H and O–H groups in total. The molecule has 1 amide bonds. The zero-order valence-electron chi connectivity index (χ0n) is 8.40. The first-order valence-corrected chi connectivity index (χ1v) is 4.94. The van der Waals surface area contributed by atoms with Crippen LogP contribution in [0.3, 0.4) is 0 Å². The third-order valence-electron chi connectivity index (χ3n) is 2.65. The first-order chi connectivity index (χ1) is 7.23. The van der Waals surface area contributed by atoms with Gasteiger partial charge < -0.3 is 15.8 Å². The van der Waals surface area contributed by atoms with Crippen molar-refractivity contribution in [3.8, 4) is 0 Å². The highest BCUT2D eigenvalue weighted by Gasteiger charge is 2.40. The number of hydrogen-bond acceptors (Lipinski definition) is 3. The Bertz CT molecular complexity index is 345. The molecule has 4 heteroatoms. The fourth-order valence-electron chi connectivity index (χ4n) is 1.72. The van der Waals surface area contributed by atoms with E-state index >= 15 is 0 Å². The lowest BCUT2D eigenvalue weighted by Crippen LogP contribution is -2.51. The smallest absolute Gasteiger partial charge is 0.245 e. The molecule has 1 heterocycles. The average molecular weight is 206 g/mol. The van der Waals surface area contributed by atoms with Crippen LogP contribution in [0.15, 0.2) is 30.3 Å². The van der Waals surface area contributed by atoms with Crippen molar-refractivity contribution in [2.24, 2.45) is 5.73 Å². The molecule has 1 fully saturated rings. The normalized spacial score (nSPS) is 25.1. The van der Waals surface area contributed by atoms with Gasteiger partial charge in [0.05, 0.1) is 6.61 Å². The van der Waals surface area contributed by atoms with Crippen molar-refractivity contribution >= 4 is 11.6 Å². The summed E-state index contributed by atoms with van der Waals surface area (Å²) in [5, 5.41) is 3.15. The SMILES string of the molecule is NC(=O)C1(Nc2ccccc2)CCOC1. The number of benzene rings is 1. The summed E-state index contributed by atoms with van der Waals surface area (Å²) in [6.07, 6.45) is 0.622. The molecule has 2 rings (SSSR count). The third kappa shape index (κ3) is 1.94. The van der Waals surface area contributed by atoms with Crippen molar-refractivity contribution < 1.29 is 9.53 Å². The second-order valence-electron chi connectivity index (χ2n) is 3.74. The summed E-state index contributed by atoms with van der Waals surface area (Å²) in [7, 11) is 0. The number of primary amides is 1. The molecular formula is C11H14N2O2. The number of amides is 1. The molecule has 0 bridgehead atoms. The molecule has 4 nitrogen and oxygen atoms in total. The van der Waals surface area contributed by atoms with Crippen LogP contribution in [0.4, 0.5) is 5.69 Å². The maximum absolute atomic E-state index is 11.4. The molecule has 1 aliphatic rings. The van der Waals surface area contributed by atoms with Crippen molar-refractivity contribution in [3.63, 3.8) is 0 Å². The maximum Gasteiger partial charge on any atom is 0.245 e. The summed E-state index contributed by atoms with van der Waals surface area (Å²) in [6.45, 7) is 0.917. The van der Waals surface area contributed by atoms with E-state index in [1.807, 2.05) is 30.3 Å². The highest BCUT2D eigenvalue weighted by molar-refractivity contribution is 5.88. The fourth-order valence-corrected chi connectivity index (χ4v) is 1.72. The van der Waals surface area contributed by atoms with Crippen LogP contribution >= 0.6 is 0 Å². The molecule has 0 spiro atoms. The van der Waals surface area contributed by atoms with Crippen LogP contribution in [0.5, 0.6) is 0 Å². The van der Waals surface area contributed by atoms with Gasteiger partial charge in [0.15, 0.2) is 0 Å². The first kappa shape index (κ1) is 9.98. The zero-order valence-corrected chi connectivity index (χ0v) is 8.40. The van der Waals surface area contributed by atoms with E-state index in [0.29, 0.717) is 19.6 Å². The van der Waals surface area contributed by atoms with Gasteiger partial charge in [-0.2, -0.15) is 0 Å². The molecule has 0 aliphatic carbocycles. The van der Waals surface area contributed by atoms with E-state index in [4.69, 9.17) is 10.5 Å². The predicted octanol–water partition coefficient (Wildman–Crippen LogP) is 0.743. The Hall–Kier alpha value is -1.55. The Labute approximate surface area is 88.4 Å². The molecule has 0 saturated carbocycles. The molecule has 0 radical (unpaired) electrons. The zero-order chi connectivity index (χ0) is 10.7. The number of hydrogen-bond donors (Lipinski definition) is 2. The Morgan fingerprint density at radius 1 is 1.40 bits per heavy atom. The molecule has 1 aliphatic heterocycles. The van der Waals surface area contributed by atoms with E-state index in [1.165, 1.54) is 0 Å². The average Bonchev–Trinajstić information content (AvgIpc) is 2.69. The summed E-state index contributed by atoms with van der Waals surface area (Å²) in [6, 6.07) is 9.55. The van der Waals surface area contributed by atoms with Crippen molar-refractivity contribution in [3.05, 3.63) is 30.3 Å². The van der Waals surface area contributed by atoms with E-state index in [-0.39, 0.29) is 5.91 Å². The molecular weight excluding hydrogens is 192 g/mol. The minimum atomic E-state index is -0.735. The van der Waals surface area contributed by atoms with Crippen LogP contribution in [0.1, 0.15) is 6.42 Å². The predicted molar refractivity (Wildman–Crippen MR) is 57.4 cm³/mol. The number of para-hydroxylation sites is 1. The van der Waals surface area contributed by atoms with E-state index in [9.17, 15) is 4.79 Å². The molecule has 1 atom stereocenters. The number of anilines is 1. The highest BCUT2D eigenvalue weighted by atomic mass is 16.5. The third-order valence-corrected chi connectivity index (χ3v) is 2.65. The second kappa shape index (κ2) is 3.90. The molecule has 1 aromatic carbocycles. The molecule has 0 aromatic heterocycles. The highest BCUT2D eigenvalue weighted by Crippen LogP contribution is 2.23. The number of rotatable bonds is 3. The van der Waals surface area contributed by atoms with Crippen LogP contribution in [-0.4, -0.2) is 24.7 Å². The van der Waals surface area contributed by atoms with Crippen molar-refractivity contribution in [2.45, 2.75) is 12.0 Å². The van der Waals surface area contributed by atoms with Gasteiger partial charge in [-0.15, -0.1) is 0 Å². The van der Waals surface area contributed by atoms with E-state index in [2.05, 4.69) is 5.32 Å². The summed E-state index contributed by atoms with van der Waals surface area (Å²) in [4.78, 5) is 11.4. The standard InChI is InChI=1S/C11H14N2O2/c12-10(14)11(6-7-15-8-11)13-9-4-2-1-3-5-9/h1-5,13H,6-8H2,(H2,12,14). The summed E-state index contributed by atoms with van der Waals surface area (Å²) in [5.74, 6) is -0.358. The fraction of sp³-hybridized carbons (Fsp3) is 0.364. The van der Waals surface area contributed by atoms with Gasteiger partial charge in [0.2, 0.25) is 5.91 Å². The molecule has 1 saturated heterocycles. The van der Waals surface area contributed by atoms with Gasteiger partial charge in [0, 0.05) is 18.7 Å². The molecule has 80 valence electrons. The van der Waals surface area contributed by atoms with Crippen LogP contribution < -0.4 is 11.1 Å². The van der Waals surface area contributed by atoms with E-state index in [1.54, 1.807) is 0 Å². The van der Waals surface area contributed by atoms with Crippen LogP contribution in [0.2, 0.25) is 0 Å². The van der Waals surface area contributed by atoms with Crippen LogP contribution in [0, 0.1) is 0 Å². The van der Waals surface area contributed by atoms with Gasteiger partial charge >= 0.3 is 0 Å². The molecule has 15 heavy (non-hydrogen) atoms. The number of carbonyl (C=O) groups excluding carboxylic acids is 1. The minimum Gasteiger partial charge on any atom is -0.378 e. The Balaban J connectivity index is 2.18. The van der Waals surface area contributed by atoms with Gasteiger partial charge in [-0.05, 0) is 12.1 Å². The lowest BCUT2D eigenvalue weighted by molar-refractivity contribution is -0.122. The minimum absolute atomic E-state index is 0.344. The summed E-state index contributed by atoms with van der Waals surface area (Å²) < 4.78 is 5.23. The van der Waals surface area contributed by atoms with Gasteiger partial charge in [-0.25, -0.2) is 0 Å². The van der Waals surface area contributed by atoms with Crippen LogP contribution in [-0.2, 0) is 9.53 Å². The second-order valence-corrected chi connectivity index (χ2v) is 3.74. The monoisotopic (exact) mass is 206 g/mol. The number of nitrogens with one attached hydrogen (secondary N) is 1. The topological polar surface area (TPSA) is 64.4 Å². The lowest BCUT2D eigenvalue weighted by Gasteiger charge is -2.26. The quantitative estimate of drug-likeness (QED) is 0.766. The van der Waals surface area contributed by atoms with Crippen molar-refractivity contribution in [1.29, 1.82) is 0 Å². The van der Waals surface area contributed by atoms with Gasteiger partial charge in [-0.1, -0.05) is 18.2 Å². The first-order valence-electron chi connectivity index (χ1n) is 4.94. The van der Waals surface area contributed by atoms with Gasteiger partial charge in [-0.3, -0.25) is 4.79 Å². The molecule has 1 aromatic rings. The number of nitrogens with two attached hydrogens (primary N) is 1. The number of ether oxygens (including phenoxy) is 1. The van der Waals surface area contributed by atoms with Gasteiger partial charge in [0.1, 0.15) is 5.54 Å².